The van der Waals surface area contributed by atoms with E-state index in [-0.39, 0.29) is 36.8 Å². The smallest absolute Gasteiger partial charge is 0.420 e. The molecule has 0 saturated carbocycles. The topological polar surface area (TPSA) is 47.6 Å². The second-order valence-corrected chi connectivity index (χ2v) is 7.72. The molecular weight excluding hydrogens is 443 g/mol. The van der Waals surface area contributed by atoms with Crippen LogP contribution in [-0.2, 0) is 10.9 Å². The maximum atomic E-state index is 13.1. The number of amides is 1. The first-order valence-electron chi connectivity index (χ1n) is 10.7. The highest BCUT2D eigenvalue weighted by Gasteiger charge is 2.34. The average Bonchev–Trinajstić information content (AvgIpc) is 3.15. The fraction of sp³-hybridized carbons (Fsp3) is 0.222. The van der Waals surface area contributed by atoms with E-state index in [1.807, 2.05) is 36.4 Å². The third-order valence-corrected chi connectivity index (χ3v) is 5.60. The van der Waals surface area contributed by atoms with Crippen molar-refractivity contribution in [2.45, 2.75) is 18.5 Å². The summed E-state index contributed by atoms with van der Waals surface area (Å²) in [6.45, 7) is 0.420. The lowest BCUT2D eigenvalue weighted by Gasteiger charge is -2.14. The van der Waals surface area contributed by atoms with Gasteiger partial charge in [0.15, 0.2) is 0 Å². The minimum absolute atomic E-state index is 0.0316. The highest BCUT2D eigenvalue weighted by molar-refractivity contribution is 5.79. The lowest BCUT2D eigenvalue weighted by molar-refractivity contribution is -0.138. The zero-order valence-electron chi connectivity index (χ0n) is 18.4. The second-order valence-electron chi connectivity index (χ2n) is 7.72. The van der Waals surface area contributed by atoms with Crippen LogP contribution in [0.5, 0.6) is 5.75 Å². The molecule has 0 aliphatic heterocycles. The Bertz CT molecular complexity index is 1210. The number of alkyl halides is 3. The number of benzene rings is 3. The van der Waals surface area contributed by atoms with Crippen molar-refractivity contribution in [3.8, 4) is 28.7 Å². The fourth-order valence-electron chi connectivity index (χ4n) is 4.05. The molecule has 0 saturated heterocycles. The number of nitrogens with one attached hydrogen (secondary N) is 1. The summed E-state index contributed by atoms with van der Waals surface area (Å²) in [6.07, 6.45) is -4.83. The van der Waals surface area contributed by atoms with E-state index >= 15 is 0 Å². The molecule has 7 heteroatoms. The summed E-state index contributed by atoms with van der Waals surface area (Å²) in [5.74, 6) is 5.16. The molecule has 0 spiro atoms. The number of alkyl carbamates (subject to hydrolysis) is 1. The number of methoxy groups -OCH3 is 1. The molecule has 1 amide bonds. The predicted molar refractivity (Wildman–Crippen MR) is 123 cm³/mol. The summed E-state index contributed by atoms with van der Waals surface area (Å²) in [7, 11) is 1.19. The molecule has 0 unspecified atom stereocenters. The summed E-state index contributed by atoms with van der Waals surface area (Å²) in [4.78, 5) is 12.2. The van der Waals surface area contributed by atoms with Crippen molar-refractivity contribution in [2.24, 2.45) is 0 Å². The van der Waals surface area contributed by atoms with Gasteiger partial charge in [-0.3, -0.25) is 0 Å². The van der Waals surface area contributed by atoms with E-state index in [2.05, 4.69) is 29.3 Å². The monoisotopic (exact) mass is 465 g/mol. The van der Waals surface area contributed by atoms with Gasteiger partial charge in [-0.15, -0.1) is 0 Å². The van der Waals surface area contributed by atoms with Gasteiger partial charge in [0.25, 0.3) is 0 Å². The van der Waals surface area contributed by atoms with Crippen LogP contribution in [0.1, 0.15) is 34.6 Å². The van der Waals surface area contributed by atoms with Gasteiger partial charge in [-0.25, -0.2) is 4.79 Å². The second kappa shape index (κ2) is 9.92. The lowest BCUT2D eigenvalue weighted by Crippen LogP contribution is -2.26. The molecule has 0 bridgehead atoms. The molecule has 0 heterocycles. The van der Waals surface area contributed by atoms with Crippen LogP contribution in [0.2, 0.25) is 0 Å². The Morgan fingerprint density at radius 3 is 2.26 bits per heavy atom. The largest absolute Gasteiger partial charge is 0.496 e. The summed E-state index contributed by atoms with van der Waals surface area (Å²) in [5.41, 5.74) is 3.89. The van der Waals surface area contributed by atoms with Crippen molar-refractivity contribution in [3.63, 3.8) is 0 Å². The molecule has 0 radical (unpaired) electrons. The van der Waals surface area contributed by atoms with Crippen molar-refractivity contribution < 1.29 is 27.4 Å². The highest BCUT2D eigenvalue weighted by Crippen LogP contribution is 2.44. The summed E-state index contributed by atoms with van der Waals surface area (Å²) >= 11 is 0. The first-order chi connectivity index (χ1) is 16.4. The summed E-state index contributed by atoms with van der Waals surface area (Å²) in [6, 6.07) is 19.8. The van der Waals surface area contributed by atoms with Crippen LogP contribution in [0.4, 0.5) is 18.0 Å². The summed E-state index contributed by atoms with van der Waals surface area (Å²) in [5, 5.41) is 2.63. The highest BCUT2D eigenvalue weighted by atomic mass is 19.4. The number of rotatable bonds is 5. The Balaban J connectivity index is 1.29. The number of halogens is 3. The van der Waals surface area contributed by atoms with E-state index in [1.165, 1.54) is 19.2 Å². The molecule has 34 heavy (non-hydrogen) atoms. The van der Waals surface area contributed by atoms with Gasteiger partial charge in [0, 0.05) is 24.4 Å². The van der Waals surface area contributed by atoms with Gasteiger partial charge in [0.1, 0.15) is 12.4 Å². The fourth-order valence-corrected chi connectivity index (χ4v) is 4.05. The van der Waals surface area contributed by atoms with Gasteiger partial charge in [-0.2, -0.15) is 13.2 Å². The quantitative estimate of drug-likeness (QED) is 0.372. The summed E-state index contributed by atoms with van der Waals surface area (Å²) < 4.78 is 49.5. The maximum absolute atomic E-state index is 13.1. The standard InChI is InChI=1S/C27H22F3NO3/c1-33-25-14-13-18(16-24(25)27(28,29)30)8-6-7-15-31-26(32)34-17-23-21-11-4-2-9-19(21)20-10-3-5-12-22(20)23/h2-5,9-14,16,23H,7,15,17H2,1H3,(H,31,32). The molecule has 4 nitrogen and oxygen atoms in total. The van der Waals surface area contributed by atoms with Crippen LogP contribution in [0.3, 0.4) is 0 Å². The van der Waals surface area contributed by atoms with Gasteiger partial charge in [-0.1, -0.05) is 60.4 Å². The van der Waals surface area contributed by atoms with Crippen LogP contribution in [0.25, 0.3) is 11.1 Å². The van der Waals surface area contributed by atoms with E-state index in [0.717, 1.165) is 28.3 Å². The third kappa shape index (κ3) is 5.01. The van der Waals surface area contributed by atoms with Gasteiger partial charge in [-0.05, 0) is 40.5 Å². The number of fused-ring (bicyclic) bond motifs is 3. The molecule has 1 N–H and O–H groups in total. The Hall–Kier alpha value is -3.92. The Morgan fingerprint density at radius 1 is 1.00 bits per heavy atom. The Labute approximate surface area is 195 Å². The number of hydrogen-bond donors (Lipinski definition) is 1. The maximum Gasteiger partial charge on any atom is 0.420 e. The van der Waals surface area contributed by atoms with Crippen LogP contribution < -0.4 is 10.1 Å². The number of carbonyl (C=O) groups is 1. The van der Waals surface area contributed by atoms with Crippen molar-refractivity contribution in [1.82, 2.24) is 5.32 Å². The van der Waals surface area contributed by atoms with E-state index in [1.54, 1.807) is 0 Å². The molecule has 1 aliphatic carbocycles. The minimum Gasteiger partial charge on any atom is -0.496 e. The molecule has 3 aromatic rings. The molecule has 0 atom stereocenters. The number of hydrogen-bond acceptors (Lipinski definition) is 3. The van der Waals surface area contributed by atoms with Gasteiger partial charge >= 0.3 is 12.3 Å². The van der Waals surface area contributed by atoms with Gasteiger partial charge in [0.05, 0.1) is 12.7 Å². The van der Waals surface area contributed by atoms with E-state index in [9.17, 15) is 18.0 Å². The minimum atomic E-state index is -4.53. The van der Waals surface area contributed by atoms with Crippen molar-refractivity contribution in [1.29, 1.82) is 0 Å². The zero-order chi connectivity index (χ0) is 24.1. The molecule has 174 valence electrons. The van der Waals surface area contributed by atoms with E-state index < -0.39 is 17.8 Å². The van der Waals surface area contributed by atoms with Crippen LogP contribution in [0, 0.1) is 11.8 Å². The van der Waals surface area contributed by atoms with Crippen molar-refractivity contribution in [3.05, 3.63) is 89.0 Å². The average molecular weight is 465 g/mol. The van der Waals surface area contributed by atoms with Crippen molar-refractivity contribution >= 4 is 6.09 Å². The number of ether oxygens (including phenoxy) is 2. The SMILES string of the molecule is COc1ccc(C#CCCNC(=O)OCC2c3ccccc3-c3ccccc32)cc1C(F)(F)F. The predicted octanol–water partition coefficient (Wildman–Crippen LogP) is 5.99. The first kappa shape index (κ1) is 23.2. The molecule has 3 aromatic carbocycles. The van der Waals surface area contributed by atoms with Gasteiger partial charge < -0.3 is 14.8 Å². The molecule has 0 fully saturated rings. The molecule has 1 aliphatic rings. The molecule has 4 rings (SSSR count). The Kier molecular flexibility index (Phi) is 6.78. The first-order valence-corrected chi connectivity index (χ1v) is 10.7. The van der Waals surface area contributed by atoms with Crippen LogP contribution in [0.15, 0.2) is 66.7 Å². The normalized spacial score (nSPS) is 12.2. The van der Waals surface area contributed by atoms with Crippen LogP contribution in [-0.4, -0.2) is 26.4 Å². The van der Waals surface area contributed by atoms with Crippen molar-refractivity contribution in [2.75, 3.05) is 20.3 Å². The number of carbonyl (C=O) groups excluding carboxylic acids is 1. The van der Waals surface area contributed by atoms with E-state index in [4.69, 9.17) is 9.47 Å². The molecular formula is C27H22F3NO3. The van der Waals surface area contributed by atoms with Gasteiger partial charge in [0.2, 0.25) is 0 Å². The van der Waals surface area contributed by atoms with E-state index in [0.29, 0.717) is 0 Å². The Morgan fingerprint density at radius 2 is 1.65 bits per heavy atom. The van der Waals surface area contributed by atoms with Crippen LogP contribution >= 0.6 is 0 Å². The lowest BCUT2D eigenvalue weighted by atomic mass is 9.98. The third-order valence-electron chi connectivity index (χ3n) is 5.60. The molecule has 0 aromatic heterocycles. The zero-order valence-corrected chi connectivity index (χ0v) is 18.4.